The fourth-order valence-corrected chi connectivity index (χ4v) is 2.16. The average Bonchev–Trinajstić information content (AvgIpc) is 2.84. The van der Waals surface area contributed by atoms with E-state index in [4.69, 9.17) is 5.73 Å². The van der Waals surface area contributed by atoms with Crippen molar-refractivity contribution in [1.82, 2.24) is 14.8 Å². The number of hydrogen-bond acceptors (Lipinski definition) is 5. The van der Waals surface area contributed by atoms with E-state index in [0.717, 1.165) is 16.8 Å². The summed E-state index contributed by atoms with van der Waals surface area (Å²) < 4.78 is 1.60. The van der Waals surface area contributed by atoms with Gasteiger partial charge in [-0.25, -0.2) is 4.68 Å². The molecule has 2 heterocycles. The molecule has 0 atom stereocenters. The van der Waals surface area contributed by atoms with Crippen LogP contribution in [0.1, 0.15) is 5.56 Å². The fraction of sp³-hybridized carbons (Fsp3) is 0.0667. The average molecular weight is 279 g/mol. The summed E-state index contributed by atoms with van der Waals surface area (Å²) in [5.74, 6) is 0.525. The van der Waals surface area contributed by atoms with Crippen LogP contribution in [-0.4, -0.2) is 14.8 Å². The van der Waals surface area contributed by atoms with E-state index < -0.39 is 0 Å². The van der Waals surface area contributed by atoms with Crippen LogP contribution in [0, 0.1) is 11.8 Å². The number of rotatable bonds is 3. The normalized spacial score (nSPS) is 10.5. The highest BCUT2D eigenvalue weighted by molar-refractivity contribution is 5.68. The first-order valence-corrected chi connectivity index (χ1v) is 6.40. The van der Waals surface area contributed by atoms with Crippen LogP contribution in [0.3, 0.4) is 0 Å². The molecule has 0 aliphatic heterocycles. The predicted molar refractivity (Wildman–Crippen MR) is 81.4 cm³/mol. The molecule has 0 amide bonds. The number of nitrogens with zero attached hydrogens (tertiary/aromatic N) is 4. The highest BCUT2D eigenvalue weighted by Gasteiger charge is 2.15. The minimum absolute atomic E-state index is 0.336. The van der Waals surface area contributed by atoms with E-state index in [1.54, 1.807) is 35.3 Å². The molecule has 0 fully saturated rings. The van der Waals surface area contributed by atoms with Gasteiger partial charge in [0.05, 0.1) is 11.4 Å². The Bertz CT molecular complexity index is 795. The molecule has 1 aromatic carbocycles. The summed E-state index contributed by atoms with van der Waals surface area (Å²) in [5.41, 5.74) is 9.70. The molecule has 0 aliphatic carbocycles. The molecule has 0 aliphatic rings. The quantitative estimate of drug-likeness (QED) is 0.746. The molecule has 0 spiro atoms. The molecule has 2 N–H and O–H groups in total. The summed E-state index contributed by atoms with van der Waals surface area (Å²) in [6.07, 6.45) is 3.45. The van der Waals surface area contributed by atoms with Gasteiger partial charge < -0.3 is 5.73 Å². The molecule has 6 nitrogen and oxygen atoms in total. The Kier molecular flexibility index (Phi) is 3.19. The van der Waals surface area contributed by atoms with Gasteiger partial charge >= 0.3 is 0 Å². The highest BCUT2D eigenvalue weighted by atomic mass is 16.3. The van der Waals surface area contributed by atoms with Crippen LogP contribution < -0.4 is 5.73 Å². The van der Waals surface area contributed by atoms with Gasteiger partial charge in [0.15, 0.2) is 0 Å². The lowest BCUT2D eigenvalue weighted by Crippen LogP contribution is -2.01. The maximum atomic E-state index is 10.6. The van der Waals surface area contributed by atoms with Crippen molar-refractivity contribution in [1.29, 1.82) is 0 Å². The van der Waals surface area contributed by atoms with Crippen LogP contribution in [0.5, 0.6) is 0 Å². The first-order valence-electron chi connectivity index (χ1n) is 6.40. The third-order valence-electron chi connectivity index (χ3n) is 3.28. The molecule has 0 bridgehead atoms. The number of nitroso groups, excluding NO2 is 1. The monoisotopic (exact) mass is 279 g/mol. The van der Waals surface area contributed by atoms with Crippen LogP contribution in [0.2, 0.25) is 0 Å². The third-order valence-corrected chi connectivity index (χ3v) is 3.28. The SMILES string of the molecule is Cc1c(-c2cccnc2)nn(-c2cccc(N=O)c2)c1N. The minimum Gasteiger partial charge on any atom is -0.383 e. The number of nitrogens with two attached hydrogens (primary N) is 1. The molecule has 0 saturated heterocycles. The first-order chi connectivity index (χ1) is 10.2. The number of anilines is 1. The van der Waals surface area contributed by atoms with Gasteiger partial charge in [0.2, 0.25) is 0 Å². The van der Waals surface area contributed by atoms with Gasteiger partial charge in [0, 0.05) is 23.5 Å². The molecule has 104 valence electrons. The zero-order valence-electron chi connectivity index (χ0n) is 11.4. The van der Waals surface area contributed by atoms with Gasteiger partial charge in [0.25, 0.3) is 0 Å². The largest absolute Gasteiger partial charge is 0.383 e. The maximum absolute atomic E-state index is 10.6. The number of benzene rings is 1. The lowest BCUT2D eigenvalue weighted by atomic mass is 10.1. The topological polar surface area (TPSA) is 86.2 Å². The second-order valence-electron chi connectivity index (χ2n) is 4.62. The first kappa shape index (κ1) is 13.0. The number of aromatic nitrogens is 3. The van der Waals surface area contributed by atoms with Crippen LogP contribution in [0.15, 0.2) is 54.0 Å². The molecule has 0 radical (unpaired) electrons. The van der Waals surface area contributed by atoms with E-state index in [9.17, 15) is 4.91 Å². The summed E-state index contributed by atoms with van der Waals surface area (Å²) in [7, 11) is 0. The highest BCUT2D eigenvalue weighted by Crippen LogP contribution is 2.28. The van der Waals surface area contributed by atoms with Crippen LogP contribution in [-0.2, 0) is 0 Å². The summed E-state index contributed by atoms with van der Waals surface area (Å²) in [5, 5.41) is 7.47. The molecule has 0 saturated carbocycles. The molecule has 6 heteroatoms. The van der Waals surface area contributed by atoms with Crippen molar-refractivity contribution in [3.05, 3.63) is 59.3 Å². The van der Waals surface area contributed by atoms with Gasteiger partial charge in [-0.2, -0.15) is 5.10 Å². The van der Waals surface area contributed by atoms with Crippen molar-refractivity contribution in [2.45, 2.75) is 6.92 Å². The Labute approximate surface area is 121 Å². The summed E-state index contributed by atoms with van der Waals surface area (Å²) in [4.78, 5) is 14.7. The maximum Gasteiger partial charge on any atom is 0.130 e. The molecule has 3 aromatic rings. The van der Waals surface area contributed by atoms with E-state index >= 15 is 0 Å². The zero-order chi connectivity index (χ0) is 14.8. The van der Waals surface area contributed by atoms with E-state index in [2.05, 4.69) is 15.3 Å². The van der Waals surface area contributed by atoms with Crippen LogP contribution in [0.25, 0.3) is 16.9 Å². The van der Waals surface area contributed by atoms with E-state index in [-0.39, 0.29) is 0 Å². The molecular weight excluding hydrogens is 266 g/mol. The number of nitrogen functional groups attached to an aromatic ring is 1. The molecule has 3 rings (SSSR count). The van der Waals surface area contributed by atoms with Gasteiger partial charge in [-0.05, 0) is 42.4 Å². The van der Waals surface area contributed by atoms with Gasteiger partial charge in [-0.1, -0.05) is 6.07 Å². The van der Waals surface area contributed by atoms with Gasteiger partial charge in [0.1, 0.15) is 11.5 Å². The lowest BCUT2D eigenvalue weighted by molar-refractivity contribution is 0.894. The molecule has 21 heavy (non-hydrogen) atoms. The van der Waals surface area contributed by atoms with E-state index in [0.29, 0.717) is 17.2 Å². The molecule has 2 aromatic heterocycles. The van der Waals surface area contributed by atoms with E-state index in [1.807, 2.05) is 25.1 Å². The minimum atomic E-state index is 0.336. The summed E-state index contributed by atoms with van der Waals surface area (Å²) in [6.45, 7) is 1.91. The van der Waals surface area contributed by atoms with Gasteiger partial charge in [-0.3, -0.25) is 4.98 Å². The van der Waals surface area contributed by atoms with E-state index in [1.165, 1.54) is 0 Å². The predicted octanol–water partition coefficient (Wildman–Crippen LogP) is 3.22. The molecule has 0 unspecified atom stereocenters. The summed E-state index contributed by atoms with van der Waals surface area (Å²) >= 11 is 0. The van der Waals surface area contributed by atoms with Crippen molar-refractivity contribution in [3.8, 4) is 16.9 Å². The van der Waals surface area contributed by atoms with Crippen molar-refractivity contribution in [2.75, 3.05) is 5.73 Å². The fourth-order valence-electron chi connectivity index (χ4n) is 2.16. The number of pyridine rings is 1. The Morgan fingerprint density at radius 2 is 2.10 bits per heavy atom. The van der Waals surface area contributed by atoms with Crippen molar-refractivity contribution < 1.29 is 0 Å². The zero-order valence-corrected chi connectivity index (χ0v) is 11.4. The second-order valence-corrected chi connectivity index (χ2v) is 4.62. The Morgan fingerprint density at radius 3 is 2.81 bits per heavy atom. The van der Waals surface area contributed by atoms with Crippen molar-refractivity contribution >= 4 is 11.5 Å². The standard InChI is InChI=1S/C15H13N5O/c1-10-14(11-4-3-7-17-9-11)18-20(15(10)16)13-6-2-5-12(8-13)19-21/h2-9H,16H2,1H3. The Balaban J connectivity index is 2.15. The Hall–Kier alpha value is -3.02. The van der Waals surface area contributed by atoms with Crippen molar-refractivity contribution in [2.24, 2.45) is 5.18 Å². The lowest BCUT2D eigenvalue weighted by Gasteiger charge is -2.03. The smallest absolute Gasteiger partial charge is 0.130 e. The van der Waals surface area contributed by atoms with Gasteiger partial charge in [-0.15, -0.1) is 4.91 Å². The van der Waals surface area contributed by atoms with Crippen LogP contribution in [0.4, 0.5) is 11.5 Å². The van der Waals surface area contributed by atoms with Crippen LogP contribution >= 0.6 is 0 Å². The van der Waals surface area contributed by atoms with Crippen molar-refractivity contribution in [3.63, 3.8) is 0 Å². The second kappa shape index (κ2) is 5.16. The Morgan fingerprint density at radius 1 is 1.24 bits per heavy atom. The summed E-state index contributed by atoms with van der Waals surface area (Å²) in [6, 6.07) is 10.6. The number of hydrogen-bond donors (Lipinski definition) is 1. The molecular formula is C15H13N5O. The third kappa shape index (κ3) is 2.27.